The summed E-state index contributed by atoms with van der Waals surface area (Å²) in [6.07, 6.45) is 4.29. The summed E-state index contributed by atoms with van der Waals surface area (Å²) in [5.74, 6) is 1.63. The van der Waals surface area contributed by atoms with Crippen molar-refractivity contribution in [1.82, 2.24) is 0 Å². The summed E-state index contributed by atoms with van der Waals surface area (Å²) in [7, 11) is 1.32. The Morgan fingerprint density at radius 3 is 2.73 bits per heavy atom. The molecule has 7 heteroatoms. The van der Waals surface area contributed by atoms with Crippen LogP contribution in [-0.4, -0.2) is 44.3 Å². The van der Waals surface area contributed by atoms with Crippen LogP contribution in [0.15, 0.2) is 22.6 Å². The van der Waals surface area contributed by atoms with Crippen LogP contribution in [0.25, 0.3) is 11.0 Å². The van der Waals surface area contributed by atoms with Gasteiger partial charge in [-0.25, -0.2) is 4.79 Å². The van der Waals surface area contributed by atoms with E-state index in [1.165, 1.54) is 14.0 Å². The minimum atomic E-state index is -0.447. The number of aryl methyl sites for hydroxylation is 2. The van der Waals surface area contributed by atoms with E-state index in [9.17, 15) is 9.59 Å². The van der Waals surface area contributed by atoms with Crippen LogP contribution in [0, 0.1) is 0 Å². The molecule has 0 saturated carbocycles. The summed E-state index contributed by atoms with van der Waals surface area (Å²) in [4.78, 5) is 22.2. The molecule has 0 saturated heterocycles. The molecule has 0 bridgehead atoms. The highest BCUT2D eigenvalue weighted by Crippen LogP contribution is 2.34. The van der Waals surface area contributed by atoms with Crippen molar-refractivity contribution in [3.8, 4) is 5.75 Å². The fraction of sp³-hybridized carbons (Fsp3) is 0.474. The number of ether oxygens (including phenoxy) is 3. The molecule has 1 heterocycles. The Morgan fingerprint density at radius 1 is 1.23 bits per heavy atom. The van der Waals surface area contributed by atoms with Gasteiger partial charge < -0.3 is 18.6 Å². The molecule has 0 N–H and O–H groups in total. The van der Waals surface area contributed by atoms with Crippen LogP contribution < -0.4 is 4.74 Å². The van der Waals surface area contributed by atoms with Gasteiger partial charge in [0.2, 0.25) is 0 Å². The van der Waals surface area contributed by atoms with Crippen LogP contribution in [0.5, 0.6) is 5.75 Å². The molecule has 2 rings (SSSR count). The first-order chi connectivity index (χ1) is 12.6. The lowest BCUT2D eigenvalue weighted by Gasteiger charge is -2.05. The van der Waals surface area contributed by atoms with Gasteiger partial charge >= 0.3 is 11.9 Å². The number of carbonyl (C=O) groups excluding carboxylic acids is 2. The lowest BCUT2D eigenvalue weighted by Crippen LogP contribution is -2.12. The number of hydrogen-bond donors (Lipinski definition) is 0. The second-order valence-corrected chi connectivity index (χ2v) is 6.67. The molecule has 6 nitrogen and oxygen atoms in total. The van der Waals surface area contributed by atoms with Crippen molar-refractivity contribution in [3.63, 3.8) is 0 Å². The average Bonchev–Trinajstić information content (AvgIpc) is 2.99. The maximum atomic E-state index is 11.3. The summed E-state index contributed by atoms with van der Waals surface area (Å²) in [5.41, 5.74) is 1.77. The highest BCUT2D eigenvalue weighted by Gasteiger charge is 2.17. The normalized spacial score (nSPS) is 10.7. The Hall–Kier alpha value is -2.15. The van der Waals surface area contributed by atoms with Gasteiger partial charge in [0.15, 0.2) is 17.9 Å². The Labute approximate surface area is 157 Å². The first-order valence-corrected chi connectivity index (χ1v) is 9.81. The molecule has 0 aliphatic heterocycles. The van der Waals surface area contributed by atoms with Gasteiger partial charge in [0, 0.05) is 24.3 Å². The van der Waals surface area contributed by atoms with E-state index in [0.29, 0.717) is 30.8 Å². The molecule has 1 aromatic heterocycles. The van der Waals surface area contributed by atoms with Gasteiger partial charge in [-0.3, -0.25) is 4.79 Å². The molecule has 26 heavy (non-hydrogen) atoms. The number of methoxy groups -OCH3 is 1. The van der Waals surface area contributed by atoms with E-state index in [-0.39, 0.29) is 12.6 Å². The van der Waals surface area contributed by atoms with Crippen molar-refractivity contribution in [2.75, 3.05) is 32.3 Å². The zero-order chi connectivity index (χ0) is 18.9. The molecule has 0 radical (unpaired) electrons. The van der Waals surface area contributed by atoms with E-state index in [0.717, 1.165) is 28.9 Å². The van der Waals surface area contributed by atoms with Crippen LogP contribution in [0.4, 0.5) is 0 Å². The molecule has 0 spiro atoms. The molecule has 0 fully saturated rings. The van der Waals surface area contributed by atoms with Gasteiger partial charge in [0.25, 0.3) is 0 Å². The number of thioether (sulfide) groups is 1. The fourth-order valence-electron chi connectivity index (χ4n) is 2.63. The van der Waals surface area contributed by atoms with Gasteiger partial charge in [-0.1, -0.05) is 12.1 Å². The van der Waals surface area contributed by atoms with Crippen molar-refractivity contribution in [3.05, 3.63) is 29.5 Å². The third-order valence-corrected chi connectivity index (χ3v) is 4.46. The first kappa shape index (κ1) is 20.2. The van der Waals surface area contributed by atoms with E-state index >= 15 is 0 Å². The summed E-state index contributed by atoms with van der Waals surface area (Å²) < 4.78 is 21.2. The lowest BCUT2D eigenvalue weighted by molar-refractivity contribution is -0.143. The maximum Gasteiger partial charge on any atom is 0.343 e. The topological polar surface area (TPSA) is 75.0 Å². The van der Waals surface area contributed by atoms with Crippen molar-refractivity contribution in [2.24, 2.45) is 0 Å². The number of carbonyl (C=O) groups is 2. The van der Waals surface area contributed by atoms with Crippen LogP contribution >= 0.6 is 11.8 Å². The minimum Gasteiger partial charge on any atom is -0.478 e. The molecule has 0 aliphatic carbocycles. The predicted octanol–water partition coefficient (Wildman–Crippen LogP) is 3.39. The second kappa shape index (κ2) is 10.1. The zero-order valence-corrected chi connectivity index (χ0v) is 16.1. The molecule has 0 unspecified atom stereocenters. The van der Waals surface area contributed by atoms with E-state index in [4.69, 9.17) is 13.9 Å². The second-order valence-electron chi connectivity index (χ2n) is 5.69. The first-order valence-electron chi connectivity index (χ1n) is 8.42. The van der Waals surface area contributed by atoms with Crippen LogP contribution in [0.3, 0.4) is 0 Å². The van der Waals surface area contributed by atoms with Crippen molar-refractivity contribution in [1.29, 1.82) is 0 Å². The number of benzene rings is 1. The van der Waals surface area contributed by atoms with Gasteiger partial charge in [0.05, 0.1) is 13.7 Å². The number of para-hydroxylation sites is 1. The summed E-state index contributed by atoms with van der Waals surface area (Å²) in [6.45, 7) is 1.59. The Kier molecular flexibility index (Phi) is 7.84. The third-order valence-electron chi connectivity index (χ3n) is 3.85. The summed E-state index contributed by atoms with van der Waals surface area (Å²) in [5, 5.41) is 0.990. The van der Waals surface area contributed by atoms with Crippen LogP contribution in [-0.2, 0) is 31.9 Å². The third kappa shape index (κ3) is 5.42. The Balaban J connectivity index is 2.24. The molecule has 1 aromatic carbocycles. The van der Waals surface area contributed by atoms with E-state index in [1.54, 1.807) is 17.8 Å². The highest BCUT2D eigenvalue weighted by molar-refractivity contribution is 7.98. The molecule has 0 amide bonds. The molecule has 2 aromatic rings. The van der Waals surface area contributed by atoms with Gasteiger partial charge in [-0.2, -0.15) is 11.8 Å². The minimum absolute atomic E-state index is 0.168. The predicted molar refractivity (Wildman–Crippen MR) is 101 cm³/mol. The number of furan rings is 1. The molecule has 142 valence electrons. The number of fused-ring (bicyclic) bond motifs is 1. The van der Waals surface area contributed by atoms with Gasteiger partial charge in [-0.05, 0) is 30.9 Å². The van der Waals surface area contributed by atoms with Gasteiger partial charge in [-0.15, -0.1) is 0 Å². The maximum absolute atomic E-state index is 11.3. The monoisotopic (exact) mass is 380 g/mol. The quantitative estimate of drug-likeness (QED) is 0.462. The SMILES string of the molecule is COC(=O)COc1cccc2c(CCSC)c(CCCOC(C)=O)oc12. The fourth-order valence-corrected chi connectivity index (χ4v) is 3.04. The van der Waals surface area contributed by atoms with Crippen molar-refractivity contribution in [2.45, 2.75) is 26.2 Å². The van der Waals surface area contributed by atoms with E-state index in [2.05, 4.69) is 11.0 Å². The molecule has 0 aliphatic rings. The van der Waals surface area contributed by atoms with Crippen LogP contribution in [0.1, 0.15) is 24.7 Å². The van der Waals surface area contributed by atoms with E-state index in [1.807, 2.05) is 12.1 Å². The van der Waals surface area contributed by atoms with Gasteiger partial charge in [0.1, 0.15) is 5.76 Å². The Bertz CT molecular complexity index is 752. The molecular formula is C19H24O6S. The summed E-state index contributed by atoms with van der Waals surface area (Å²) >= 11 is 1.77. The standard InChI is InChI=1S/C19H24O6S/c1-13(20)23-10-5-8-16-14(9-11-26-3)15-6-4-7-17(19(15)25-16)24-12-18(21)22-2/h4,6-7H,5,8-12H2,1-3H3. The number of rotatable bonds is 10. The Morgan fingerprint density at radius 2 is 2.04 bits per heavy atom. The molecule has 0 atom stereocenters. The average molecular weight is 380 g/mol. The van der Waals surface area contributed by atoms with Crippen molar-refractivity contribution >= 4 is 34.7 Å². The summed E-state index contributed by atoms with van der Waals surface area (Å²) in [6, 6.07) is 5.65. The zero-order valence-electron chi connectivity index (χ0n) is 15.3. The highest BCUT2D eigenvalue weighted by atomic mass is 32.2. The lowest BCUT2D eigenvalue weighted by atomic mass is 10.1. The van der Waals surface area contributed by atoms with Crippen molar-refractivity contribution < 1.29 is 28.2 Å². The van der Waals surface area contributed by atoms with Crippen LogP contribution in [0.2, 0.25) is 0 Å². The smallest absolute Gasteiger partial charge is 0.343 e. The molecular weight excluding hydrogens is 356 g/mol. The van der Waals surface area contributed by atoms with E-state index < -0.39 is 5.97 Å². The number of hydrogen-bond acceptors (Lipinski definition) is 7. The number of esters is 2. The largest absolute Gasteiger partial charge is 0.478 e.